The van der Waals surface area contributed by atoms with E-state index in [1.807, 2.05) is 24.3 Å². The van der Waals surface area contributed by atoms with E-state index >= 15 is 0 Å². The molecule has 1 aliphatic carbocycles. The quantitative estimate of drug-likeness (QED) is 0.662. The summed E-state index contributed by atoms with van der Waals surface area (Å²) < 4.78 is 10.6. The van der Waals surface area contributed by atoms with Crippen LogP contribution in [0.3, 0.4) is 0 Å². The fourth-order valence-electron chi connectivity index (χ4n) is 3.28. The number of carbonyl (C=O) groups excluding carboxylic acids is 1. The van der Waals surface area contributed by atoms with Crippen molar-refractivity contribution in [3.63, 3.8) is 0 Å². The molecule has 0 heterocycles. The molecule has 0 atom stereocenters. The molecule has 0 saturated heterocycles. The smallest absolute Gasteiger partial charge is 0.407 e. The molecule has 2 N–H and O–H groups in total. The molecule has 0 unspecified atom stereocenters. The first kappa shape index (κ1) is 18.9. The number of hydrogen-bond donors (Lipinski definition) is 2. The summed E-state index contributed by atoms with van der Waals surface area (Å²) in [5.41, 5.74) is 4.75. The highest BCUT2D eigenvalue weighted by atomic mass is 16.5. The van der Waals surface area contributed by atoms with Crippen LogP contribution < -0.4 is 5.32 Å². The average Bonchev–Trinajstić information content (AvgIpc) is 2.99. The standard InChI is InChI=1S/C21H23NO5/c23-20(24)10-13-26-12-5-11-22-21(25)27-14-19-17-8-3-1-6-15(17)16-7-2-4-9-18(16)19/h1-4,6-9,19H,5,10-14H2,(H,22,25)(H,23,24). The second kappa shape index (κ2) is 9.19. The Morgan fingerprint density at radius 2 is 1.59 bits per heavy atom. The Morgan fingerprint density at radius 1 is 0.963 bits per heavy atom. The molecule has 0 saturated carbocycles. The Labute approximate surface area is 158 Å². The monoisotopic (exact) mass is 369 g/mol. The van der Waals surface area contributed by atoms with Crippen LogP contribution >= 0.6 is 0 Å². The molecule has 3 rings (SSSR count). The highest BCUT2D eigenvalue weighted by Gasteiger charge is 2.28. The molecule has 0 spiro atoms. The molecule has 2 aromatic rings. The number of hydrogen-bond acceptors (Lipinski definition) is 4. The predicted octanol–water partition coefficient (Wildman–Crippen LogP) is 3.41. The highest BCUT2D eigenvalue weighted by Crippen LogP contribution is 2.44. The van der Waals surface area contributed by atoms with Gasteiger partial charge in [0.25, 0.3) is 0 Å². The first-order chi connectivity index (χ1) is 13.2. The molecule has 1 aliphatic rings. The SMILES string of the molecule is O=C(O)CCOCCCNC(=O)OCC1c2ccccc2-c2ccccc21. The van der Waals surface area contributed by atoms with Gasteiger partial charge < -0.3 is 19.9 Å². The van der Waals surface area contributed by atoms with Crippen molar-refractivity contribution >= 4 is 12.1 Å². The van der Waals surface area contributed by atoms with Crippen molar-refractivity contribution in [1.29, 1.82) is 0 Å². The van der Waals surface area contributed by atoms with Gasteiger partial charge in [-0.05, 0) is 28.7 Å². The zero-order valence-electron chi connectivity index (χ0n) is 15.0. The van der Waals surface area contributed by atoms with E-state index < -0.39 is 12.1 Å². The van der Waals surface area contributed by atoms with Gasteiger partial charge in [0, 0.05) is 19.1 Å². The second-order valence-corrected chi connectivity index (χ2v) is 6.36. The first-order valence-electron chi connectivity index (χ1n) is 9.05. The summed E-state index contributed by atoms with van der Waals surface area (Å²) in [5.74, 6) is -0.839. The van der Waals surface area contributed by atoms with Gasteiger partial charge in [-0.25, -0.2) is 4.79 Å². The number of amides is 1. The minimum Gasteiger partial charge on any atom is -0.481 e. The summed E-state index contributed by atoms with van der Waals surface area (Å²) in [5, 5.41) is 11.2. The minimum absolute atomic E-state index is 0.0141. The van der Waals surface area contributed by atoms with Crippen LogP contribution in [0, 0.1) is 0 Å². The van der Waals surface area contributed by atoms with Crippen molar-refractivity contribution in [3.8, 4) is 11.1 Å². The molecular weight excluding hydrogens is 346 g/mol. The van der Waals surface area contributed by atoms with E-state index in [0.717, 1.165) is 0 Å². The van der Waals surface area contributed by atoms with E-state index in [2.05, 4.69) is 29.6 Å². The fourth-order valence-corrected chi connectivity index (χ4v) is 3.28. The van der Waals surface area contributed by atoms with E-state index in [0.29, 0.717) is 19.6 Å². The van der Waals surface area contributed by atoms with Crippen LogP contribution in [0.1, 0.15) is 29.9 Å². The molecule has 0 radical (unpaired) electrons. The van der Waals surface area contributed by atoms with Gasteiger partial charge in [-0.1, -0.05) is 48.5 Å². The number of ether oxygens (including phenoxy) is 2. The van der Waals surface area contributed by atoms with Crippen LogP contribution in [0.5, 0.6) is 0 Å². The number of carboxylic acids is 1. The van der Waals surface area contributed by atoms with Gasteiger partial charge in [-0.15, -0.1) is 0 Å². The maximum atomic E-state index is 12.0. The van der Waals surface area contributed by atoms with Crippen molar-refractivity contribution in [2.45, 2.75) is 18.8 Å². The maximum Gasteiger partial charge on any atom is 0.407 e. The Kier molecular flexibility index (Phi) is 6.44. The van der Waals surface area contributed by atoms with Gasteiger partial charge in [-0.2, -0.15) is 0 Å². The number of nitrogens with one attached hydrogen (secondary N) is 1. The largest absolute Gasteiger partial charge is 0.481 e. The third-order valence-corrected chi connectivity index (χ3v) is 4.54. The molecule has 27 heavy (non-hydrogen) atoms. The van der Waals surface area contributed by atoms with Crippen LogP contribution in [0.15, 0.2) is 48.5 Å². The molecule has 0 bridgehead atoms. The topological polar surface area (TPSA) is 84.9 Å². The summed E-state index contributed by atoms with van der Waals surface area (Å²) in [7, 11) is 0. The van der Waals surface area contributed by atoms with E-state index in [-0.39, 0.29) is 25.6 Å². The number of rotatable bonds is 9. The molecule has 6 heteroatoms. The lowest BCUT2D eigenvalue weighted by Crippen LogP contribution is -2.27. The third-order valence-electron chi connectivity index (χ3n) is 4.54. The first-order valence-corrected chi connectivity index (χ1v) is 9.05. The molecule has 6 nitrogen and oxygen atoms in total. The molecule has 0 aromatic heterocycles. The normalized spacial score (nSPS) is 12.3. The number of benzene rings is 2. The van der Waals surface area contributed by atoms with Crippen molar-refractivity contribution in [1.82, 2.24) is 5.32 Å². The summed E-state index contributed by atoms with van der Waals surface area (Å²) in [6.45, 7) is 1.29. The Balaban J connectivity index is 1.44. The molecule has 0 aliphatic heterocycles. The third kappa shape index (κ3) is 4.86. The Morgan fingerprint density at radius 3 is 2.22 bits per heavy atom. The van der Waals surface area contributed by atoms with E-state index in [9.17, 15) is 9.59 Å². The molecule has 0 fully saturated rings. The van der Waals surface area contributed by atoms with E-state index in [1.165, 1.54) is 22.3 Å². The second-order valence-electron chi connectivity index (χ2n) is 6.36. The predicted molar refractivity (Wildman–Crippen MR) is 101 cm³/mol. The lowest BCUT2D eigenvalue weighted by atomic mass is 9.98. The van der Waals surface area contributed by atoms with Crippen LogP contribution in [0.2, 0.25) is 0 Å². The summed E-state index contributed by atoms with van der Waals surface area (Å²) in [6.07, 6.45) is 0.131. The molecule has 1 amide bonds. The minimum atomic E-state index is -0.883. The van der Waals surface area contributed by atoms with Gasteiger partial charge >= 0.3 is 12.1 Å². The van der Waals surface area contributed by atoms with Crippen molar-refractivity contribution < 1.29 is 24.2 Å². The molecular formula is C21H23NO5. The number of carbonyl (C=O) groups is 2. The average molecular weight is 369 g/mol. The lowest BCUT2D eigenvalue weighted by molar-refractivity contribution is -0.138. The molecule has 2 aromatic carbocycles. The van der Waals surface area contributed by atoms with Crippen LogP contribution in [0.25, 0.3) is 11.1 Å². The van der Waals surface area contributed by atoms with Gasteiger partial charge in [0.1, 0.15) is 6.61 Å². The molecule has 142 valence electrons. The summed E-state index contributed by atoms with van der Waals surface area (Å²) in [4.78, 5) is 22.3. The van der Waals surface area contributed by atoms with Crippen LogP contribution in [0.4, 0.5) is 4.79 Å². The zero-order valence-corrected chi connectivity index (χ0v) is 15.0. The maximum absolute atomic E-state index is 12.0. The van der Waals surface area contributed by atoms with Gasteiger partial charge in [0.2, 0.25) is 0 Å². The van der Waals surface area contributed by atoms with E-state index in [1.54, 1.807) is 0 Å². The summed E-state index contributed by atoms with van der Waals surface area (Å²) >= 11 is 0. The number of fused-ring (bicyclic) bond motifs is 3. The van der Waals surface area contributed by atoms with Crippen molar-refractivity contribution in [3.05, 3.63) is 59.7 Å². The summed E-state index contributed by atoms with van der Waals surface area (Å²) in [6, 6.07) is 16.4. The number of carboxylic acid groups (broad SMARTS) is 1. The van der Waals surface area contributed by atoms with Crippen molar-refractivity contribution in [2.24, 2.45) is 0 Å². The Hall–Kier alpha value is -2.86. The highest BCUT2D eigenvalue weighted by molar-refractivity contribution is 5.79. The lowest BCUT2D eigenvalue weighted by Gasteiger charge is -2.14. The van der Waals surface area contributed by atoms with Crippen LogP contribution in [-0.2, 0) is 14.3 Å². The zero-order chi connectivity index (χ0) is 19.1. The number of alkyl carbamates (subject to hydrolysis) is 1. The number of aliphatic carboxylic acids is 1. The van der Waals surface area contributed by atoms with Crippen molar-refractivity contribution in [2.75, 3.05) is 26.4 Å². The fraction of sp³-hybridized carbons (Fsp3) is 0.333. The van der Waals surface area contributed by atoms with Gasteiger partial charge in [0.15, 0.2) is 0 Å². The van der Waals surface area contributed by atoms with E-state index in [4.69, 9.17) is 14.6 Å². The van der Waals surface area contributed by atoms with Crippen LogP contribution in [-0.4, -0.2) is 43.5 Å². The van der Waals surface area contributed by atoms with Gasteiger partial charge in [0.05, 0.1) is 13.0 Å². The Bertz CT molecular complexity index is 759. The van der Waals surface area contributed by atoms with Gasteiger partial charge in [-0.3, -0.25) is 4.79 Å².